The van der Waals surface area contributed by atoms with Crippen LogP contribution >= 0.6 is 23.7 Å². The lowest BCUT2D eigenvalue weighted by molar-refractivity contribution is 0.403. The Bertz CT molecular complexity index is 2240. The average molecular weight is 780 g/mol. The lowest BCUT2D eigenvalue weighted by Gasteiger charge is -2.34. The van der Waals surface area contributed by atoms with Gasteiger partial charge in [-0.1, -0.05) is 72.8 Å². The van der Waals surface area contributed by atoms with Crippen LogP contribution in [-0.2, 0) is 0 Å². The highest BCUT2D eigenvalue weighted by Crippen LogP contribution is 2.80. The van der Waals surface area contributed by atoms with Gasteiger partial charge in [-0.05, 0) is 148 Å². The van der Waals surface area contributed by atoms with E-state index in [1.807, 2.05) is 169 Å². The minimum absolute atomic E-state index is 0.516. The van der Waals surface area contributed by atoms with Gasteiger partial charge < -0.3 is 9.05 Å². The molecule has 6 aromatic rings. The van der Waals surface area contributed by atoms with Crippen molar-refractivity contribution in [2.45, 2.75) is 41.5 Å². The Morgan fingerprint density at radius 3 is 1.24 bits per heavy atom. The van der Waals surface area contributed by atoms with Crippen LogP contribution in [0.3, 0.4) is 0 Å². The second-order valence-corrected chi connectivity index (χ2v) is 19.9. The van der Waals surface area contributed by atoms with Crippen molar-refractivity contribution in [3.63, 3.8) is 0 Å². The SMILES string of the molecule is Cc1cc(C)cc(OP2(Oc3ccccc3)=N[P+](Oc3ccccc3)(Oc3cc(C)cc(C)c3)N[P+](Oc3ccccc3)(Oc3cc(C)cc(C)c3)N2)c1. The van der Waals surface area contributed by atoms with Gasteiger partial charge in [-0.3, -0.25) is 18.1 Å². The maximum Gasteiger partial charge on any atom is 0.617 e. The lowest BCUT2D eigenvalue weighted by Crippen LogP contribution is -2.41. The van der Waals surface area contributed by atoms with E-state index >= 15 is 0 Å². The molecule has 0 aliphatic carbocycles. The van der Waals surface area contributed by atoms with Crippen LogP contribution in [0.25, 0.3) is 0 Å². The standard InChI is InChI=1S/C42H44N3O6P3/c1-31-22-32(2)26-40(25-31)49-52(46-37-16-10-7-11-17-37)43-53(47-38-18-12-8-13-19-38,50-41-27-33(3)23-34(4)28-41)45-54(44-52,48-39-20-14-9-15-21-39)51-42-29-35(5)24-36(6)30-42/h7-30,43-44H,1-6H3/q+2. The fraction of sp³-hybridized carbons (Fsp3) is 0.143. The fourth-order valence-electron chi connectivity index (χ4n) is 6.11. The summed E-state index contributed by atoms with van der Waals surface area (Å²) < 4.78 is 47.7. The molecule has 0 fully saturated rings. The van der Waals surface area contributed by atoms with E-state index < -0.39 is 23.7 Å². The van der Waals surface area contributed by atoms with Crippen molar-refractivity contribution in [1.82, 2.24) is 9.72 Å². The summed E-state index contributed by atoms with van der Waals surface area (Å²) in [4.78, 5) is 7.25. The van der Waals surface area contributed by atoms with Gasteiger partial charge in [0, 0.05) is 4.86 Å². The molecule has 0 aromatic heterocycles. The van der Waals surface area contributed by atoms with Gasteiger partial charge in [0.25, 0.3) is 0 Å². The van der Waals surface area contributed by atoms with Gasteiger partial charge in [-0.25, -0.2) is 0 Å². The molecule has 0 amide bonds. The van der Waals surface area contributed by atoms with Crippen molar-refractivity contribution in [2.75, 3.05) is 0 Å². The van der Waals surface area contributed by atoms with Crippen molar-refractivity contribution < 1.29 is 27.1 Å². The molecule has 9 nitrogen and oxygen atoms in total. The number of hydrogen-bond donors (Lipinski definition) is 2. The summed E-state index contributed by atoms with van der Waals surface area (Å²) in [5.74, 6) is 3.22. The molecule has 0 saturated carbocycles. The Labute approximate surface area is 319 Å². The molecular weight excluding hydrogens is 735 g/mol. The Balaban J connectivity index is 1.53. The van der Waals surface area contributed by atoms with Crippen LogP contribution in [0.5, 0.6) is 34.5 Å². The predicted molar refractivity (Wildman–Crippen MR) is 220 cm³/mol. The van der Waals surface area contributed by atoms with Crippen LogP contribution in [0.4, 0.5) is 0 Å². The fourth-order valence-corrected chi connectivity index (χ4v) is 16.1. The van der Waals surface area contributed by atoms with E-state index in [-0.39, 0.29) is 0 Å². The first kappa shape index (κ1) is 37.4. The number of aryl methyl sites for hydroxylation is 6. The third-order valence-corrected chi connectivity index (χ3v) is 16.7. The van der Waals surface area contributed by atoms with Crippen LogP contribution in [0.15, 0.2) is 150 Å². The quantitative estimate of drug-likeness (QED) is 0.119. The third-order valence-electron chi connectivity index (χ3n) is 7.95. The Morgan fingerprint density at radius 2 is 0.759 bits per heavy atom. The molecule has 0 saturated heterocycles. The molecule has 12 heteroatoms. The molecule has 0 bridgehead atoms. The molecule has 276 valence electrons. The van der Waals surface area contributed by atoms with E-state index in [0.717, 1.165) is 33.4 Å². The number of benzene rings is 6. The van der Waals surface area contributed by atoms with Gasteiger partial charge in [-0.15, -0.1) is 0 Å². The largest absolute Gasteiger partial charge is 0.617 e. The van der Waals surface area contributed by atoms with Gasteiger partial charge in [0.15, 0.2) is 23.0 Å². The summed E-state index contributed by atoms with van der Waals surface area (Å²) in [5.41, 5.74) is 6.09. The summed E-state index contributed by atoms with van der Waals surface area (Å²) in [7, 11) is -11.3. The van der Waals surface area contributed by atoms with Crippen molar-refractivity contribution >= 4 is 23.7 Å². The molecule has 3 unspecified atom stereocenters. The van der Waals surface area contributed by atoms with E-state index in [0.29, 0.717) is 34.5 Å². The Hall–Kier alpha value is -4.87. The maximum atomic E-state index is 7.11. The van der Waals surface area contributed by atoms with Gasteiger partial charge >= 0.3 is 23.7 Å². The zero-order valence-corrected chi connectivity index (χ0v) is 33.8. The molecule has 2 N–H and O–H groups in total. The highest BCUT2D eigenvalue weighted by Gasteiger charge is 2.75. The molecule has 0 radical (unpaired) electrons. The average Bonchev–Trinajstić information content (AvgIpc) is 3.07. The van der Waals surface area contributed by atoms with E-state index in [9.17, 15) is 0 Å². The second kappa shape index (κ2) is 15.8. The number of nitrogens with zero attached hydrogens (tertiary/aromatic N) is 1. The normalized spacial score (nSPS) is 20.6. The summed E-state index contributed by atoms with van der Waals surface area (Å²) in [5, 5.41) is 0. The third kappa shape index (κ3) is 9.43. The molecule has 3 atom stereocenters. The first-order valence-corrected chi connectivity index (χ1v) is 22.3. The first-order chi connectivity index (χ1) is 26.0. The highest BCUT2D eigenvalue weighted by atomic mass is 31.3. The highest BCUT2D eigenvalue weighted by molar-refractivity contribution is 7.89. The van der Waals surface area contributed by atoms with Gasteiger partial charge in [-0.2, -0.15) is 0 Å². The second-order valence-electron chi connectivity index (χ2n) is 13.3. The molecular formula is C42H44N3O6P3+2. The van der Waals surface area contributed by atoms with E-state index in [1.165, 1.54) is 0 Å². The number of para-hydroxylation sites is 3. The maximum absolute atomic E-state index is 7.11. The molecule has 0 spiro atoms. The van der Waals surface area contributed by atoms with Crippen LogP contribution in [0.1, 0.15) is 33.4 Å². The monoisotopic (exact) mass is 779 g/mol. The van der Waals surface area contributed by atoms with Crippen LogP contribution < -0.4 is 36.9 Å². The van der Waals surface area contributed by atoms with Crippen LogP contribution in [0.2, 0.25) is 0 Å². The van der Waals surface area contributed by atoms with Crippen LogP contribution in [-0.4, -0.2) is 0 Å². The summed E-state index contributed by atoms with van der Waals surface area (Å²) in [6.45, 7) is 12.1. The smallest absolute Gasteiger partial charge is 0.415 e. The minimum atomic E-state index is -3.80. The Morgan fingerprint density at radius 1 is 0.407 bits per heavy atom. The van der Waals surface area contributed by atoms with Gasteiger partial charge in [0.2, 0.25) is 0 Å². The number of nitrogens with one attached hydrogen (secondary N) is 2. The van der Waals surface area contributed by atoms with Crippen LogP contribution in [0, 0.1) is 41.5 Å². The van der Waals surface area contributed by atoms with Crippen molar-refractivity contribution in [3.8, 4) is 34.5 Å². The van der Waals surface area contributed by atoms with E-state index in [4.69, 9.17) is 31.7 Å². The van der Waals surface area contributed by atoms with Crippen molar-refractivity contribution in [2.24, 2.45) is 4.52 Å². The number of hydrogen-bond acceptors (Lipinski definition) is 9. The molecule has 6 aromatic carbocycles. The molecule has 54 heavy (non-hydrogen) atoms. The Kier molecular flexibility index (Phi) is 11.0. The van der Waals surface area contributed by atoms with Gasteiger partial charge in [0.05, 0.1) is 4.52 Å². The van der Waals surface area contributed by atoms with E-state index in [1.54, 1.807) is 0 Å². The topological polar surface area (TPSA) is 91.8 Å². The molecule has 7 rings (SSSR count). The zero-order valence-electron chi connectivity index (χ0n) is 31.1. The molecule has 1 aliphatic rings. The molecule has 1 aliphatic heterocycles. The van der Waals surface area contributed by atoms with Crippen molar-refractivity contribution in [3.05, 3.63) is 179 Å². The van der Waals surface area contributed by atoms with E-state index in [2.05, 4.69) is 27.9 Å². The van der Waals surface area contributed by atoms with Crippen molar-refractivity contribution in [1.29, 1.82) is 0 Å². The van der Waals surface area contributed by atoms with Gasteiger partial charge in [0.1, 0.15) is 16.4 Å². The summed E-state index contributed by atoms with van der Waals surface area (Å²) >= 11 is 0. The number of rotatable bonds is 12. The predicted octanol–water partition coefficient (Wildman–Crippen LogP) is 12.8. The lowest BCUT2D eigenvalue weighted by atomic mass is 10.1. The first-order valence-electron chi connectivity index (χ1n) is 17.5. The summed E-state index contributed by atoms with van der Waals surface area (Å²) in [6, 6.07) is 46.3. The summed E-state index contributed by atoms with van der Waals surface area (Å²) in [6.07, 6.45) is 0. The molecule has 1 heterocycles. The zero-order chi connectivity index (χ0) is 37.8. The minimum Gasteiger partial charge on any atom is -0.415 e.